The van der Waals surface area contributed by atoms with Crippen molar-refractivity contribution < 1.29 is 4.79 Å². The molecule has 0 bridgehead atoms. The van der Waals surface area contributed by atoms with E-state index in [4.69, 9.17) is 4.98 Å². The van der Waals surface area contributed by atoms with Crippen LogP contribution in [0.15, 0.2) is 69.2 Å². The molecule has 0 aliphatic heterocycles. The molecule has 0 spiro atoms. The lowest BCUT2D eigenvalue weighted by Crippen LogP contribution is -2.27. The van der Waals surface area contributed by atoms with Gasteiger partial charge in [-0.1, -0.05) is 40.7 Å². The van der Waals surface area contributed by atoms with Crippen molar-refractivity contribution in [1.82, 2.24) is 14.5 Å². The second kappa shape index (κ2) is 9.20. The van der Waals surface area contributed by atoms with Gasteiger partial charge in [-0.2, -0.15) is 0 Å². The lowest BCUT2D eigenvalue weighted by Gasteiger charge is -2.16. The van der Waals surface area contributed by atoms with Gasteiger partial charge in [-0.15, -0.1) is 0 Å². The van der Waals surface area contributed by atoms with E-state index < -0.39 is 5.25 Å². The highest BCUT2D eigenvalue weighted by molar-refractivity contribution is 9.10. The second-order valence-electron chi connectivity index (χ2n) is 7.14. The highest BCUT2D eigenvalue weighted by atomic mass is 79.9. The van der Waals surface area contributed by atoms with Crippen molar-refractivity contribution in [1.29, 1.82) is 0 Å². The fourth-order valence-corrected chi connectivity index (χ4v) is 4.64. The molecule has 0 saturated carbocycles. The average Bonchev–Trinajstić information content (AvgIpc) is 2.77. The van der Waals surface area contributed by atoms with Gasteiger partial charge in [0.25, 0.3) is 5.56 Å². The Morgan fingerprint density at radius 2 is 2.00 bits per heavy atom. The average molecular weight is 497 g/mol. The van der Waals surface area contributed by atoms with E-state index in [0.29, 0.717) is 28.3 Å². The molecule has 0 aliphatic rings. The molecule has 158 valence electrons. The number of pyridine rings is 1. The quantitative estimate of drug-likeness (QED) is 0.291. The highest BCUT2D eigenvalue weighted by Gasteiger charge is 2.20. The molecule has 4 rings (SSSR count). The minimum Gasteiger partial charge on any atom is -0.324 e. The van der Waals surface area contributed by atoms with Crippen LogP contribution in [-0.2, 0) is 11.3 Å². The summed E-state index contributed by atoms with van der Waals surface area (Å²) in [6, 6.07) is 14.9. The van der Waals surface area contributed by atoms with Gasteiger partial charge in [0.05, 0.1) is 27.4 Å². The van der Waals surface area contributed by atoms with E-state index in [0.717, 1.165) is 21.8 Å². The molecule has 31 heavy (non-hydrogen) atoms. The first-order valence-electron chi connectivity index (χ1n) is 9.99. The topological polar surface area (TPSA) is 76.9 Å². The zero-order valence-electron chi connectivity index (χ0n) is 17.1. The van der Waals surface area contributed by atoms with Crippen molar-refractivity contribution in [3.8, 4) is 0 Å². The van der Waals surface area contributed by atoms with Crippen molar-refractivity contribution in [2.24, 2.45) is 0 Å². The summed E-state index contributed by atoms with van der Waals surface area (Å²) in [5.74, 6) is -0.158. The van der Waals surface area contributed by atoms with Crippen molar-refractivity contribution in [3.05, 3.63) is 69.6 Å². The smallest absolute Gasteiger partial charge is 0.262 e. The van der Waals surface area contributed by atoms with Crippen molar-refractivity contribution in [3.63, 3.8) is 0 Å². The molecule has 1 unspecified atom stereocenters. The molecule has 1 amide bonds. The van der Waals surface area contributed by atoms with Crippen LogP contribution in [-0.4, -0.2) is 25.7 Å². The Morgan fingerprint density at radius 1 is 1.16 bits per heavy atom. The van der Waals surface area contributed by atoms with E-state index in [1.165, 1.54) is 11.8 Å². The Kier molecular flexibility index (Phi) is 6.38. The predicted molar refractivity (Wildman–Crippen MR) is 130 cm³/mol. The Bertz CT molecular complexity index is 1330. The molecule has 1 N–H and O–H groups in total. The van der Waals surface area contributed by atoms with Crippen LogP contribution >= 0.6 is 27.7 Å². The molecule has 2 heterocycles. The fourth-order valence-electron chi connectivity index (χ4n) is 3.34. The molecule has 0 saturated heterocycles. The number of thioether (sulfide) groups is 1. The van der Waals surface area contributed by atoms with E-state index >= 15 is 0 Å². The first-order valence-corrected chi connectivity index (χ1v) is 11.7. The normalized spacial score (nSPS) is 12.2. The number of carbonyl (C=O) groups excluding carboxylic acids is 1. The number of hydrogen-bond donors (Lipinski definition) is 1. The number of nitrogens with one attached hydrogen (secondary N) is 1. The summed E-state index contributed by atoms with van der Waals surface area (Å²) in [5.41, 5.74) is 2.06. The van der Waals surface area contributed by atoms with Crippen LogP contribution in [0.4, 0.5) is 5.69 Å². The first kappa shape index (κ1) is 21.5. The number of fused-ring (bicyclic) bond motifs is 2. The van der Waals surface area contributed by atoms with E-state index in [1.54, 1.807) is 16.8 Å². The SMILES string of the molecule is CCCn1c(SC(C)C(=O)Nc2cccc3ncccc23)nc2ccc(Br)cc2c1=O. The Labute approximate surface area is 192 Å². The van der Waals surface area contributed by atoms with Gasteiger partial charge in [-0.25, -0.2) is 4.98 Å². The second-order valence-corrected chi connectivity index (χ2v) is 9.36. The van der Waals surface area contributed by atoms with E-state index in [1.807, 2.05) is 56.3 Å². The van der Waals surface area contributed by atoms with E-state index in [-0.39, 0.29) is 11.5 Å². The van der Waals surface area contributed by atoms with Gasteiger partial charge in [-0.05, 0) is 55.8 Å². The number of benzene rings is 2. The largest absolute Gasteiger partial charge is 0.324 e. The number of amides is 1. The third-order valence-electron chi connectivity index (χ3n) is 4.88. The first-order chi connectivity index (χ1) is 15.0. The third-order valence-corrected chi connectivity index (χ3v) is 6.47. The van der Waals surface area contributed by atoms with Crippen LogP contribution in [0.3, 0.4) is 0 Å². The van der Waals surface area contributed by atoms with Crippen molar-refractivity contribution in [2.75, 3.05) is 5.32 Å². The zero-order valence-corrected chi connectivity index (χ0v) is 19.5. The standard InChI is InChI=1S/C23H21BrN4O2S/c1-3-12-28-22(30)17-13-15(24)9-10-20(17)27-23(28)31-14(2)21(29)26-19-8-4-7-18-16(19)6-5-11-25-18/h4-11,13-14H,3,12H2,1-2H3,(H,26,29). The molecule has 4 aromatic rings. The Balaban J connectivity index is 1.63. The molecule has 6 nitrogen and oxygen atoms in total. The van der Waals surface area contributed by atoms with Gasteiger partial charge >= 0.3 is 0 Å². The minimum atomic E-state index is -0.449. The molecule has 1 atom stereocenters. The highest BCUT2D eigenvalue weighted by Crippen LogP contribution is 2.26. The lowest BCUT2D eigenvalue weighted by atomic mass is 10.2. The Hall–Kier alpha value is -2.71. The number of nitrogens with zero attached hydrogens (tertiary/aromatic N) is 3. The minimum absolute atomic E-state index is 0.0941. The van der Waals surface area contributed by atoms with Crippen LogP contribution < -0.4 is 10.9 Å². The van der Waals surface area contributed by atoms with Crippen molar-refractivity contribution in [2.45, 2.75) is 37.2 Å². The van der Waals surface area contributed by atoms with Crippen LogP contribution in [0.5, 0.6) is 0 Å². The molecule has 0 aliphatic carbocycles. The maximum atomic E-state index is 13.1. The molecule has 2 aromatic carbocycles. The number of rotatable bonds is 6. The van der Waals surface area contributed by atoms with Crippen LogP contribution in [0.25, 0.3) is 21.8 Å². The molecule has 8 heteroatoms. The maximum absolute atomic E-state index is 13.1. The summed E-state index contributed by atoms with van der Waals surface area (Å²) in [7, 11) is 0. The molecule has 2 aromatic heterocycles. The summed E-state index contributed by atoms with van der Waals surface area (Å²) >= 11 is 4.71. The molecule has 0 radical (unpaired) electrons. The van der Waals surface area contributed by atoms with E-state index in [9.17, 15) is 9.59 Å². The van der Waals surface area contributed by atoms with Crippen molar-refractivity contribution >= 4 is 61.1 Å². The van der Waals surface area contributed by atoms with E-state index in [2.05, 4.69) is 26.2 Å². The third kappa shape index (κ3) is 4.50. The maximum Gasteiger partial charge on any atom is 0.262 e. The van der Waals surface area contributed by atoms with Crippen LogP contribution in [0, 0.1) is 0 Å². The summed E-state index contributed by atoms with van der Waals surface area (Å²) in [6.07, 6.45) is 2.52. The number of halogens is 1. The molecular formula is C23H21BrN4O2S. The number of carbonyl (C=O) groups is 1. The van der Waals surface area contributed by atoms with Gasteiger partial charge in [0.15, 0.2) is 5.16 Å². The molecule has 0 fully saturated rings. The lowest BCUT2D eigenvalue weighted by molar-refractivity contribution is -0.115. The summed E-state index contributed by atoms with van der Waals surface area (Å²) in [6.45, 7) is 4.37. The summed E-state index contributed by atoms with van der Waals surface area (Å²) in [5, 5.41) is 4.54. The van der Waals surface area contributed by atoms with Crippen LogP contribution in [0.1, 0.15) is 20.3 Å². The monoisotopic (exact) mass is 496 g/mol. The number of anilines is 1. The van der Waals surface area contributed by atoms with Crippen LogP contribution in [0.2, 0.25) is 0 Å². The molecular weight excluding hydrogens is 476 g/mol. The van der Waals surface area contributed by atoms with Gasteiger partial charge < -0.3 is 5.32 Å². The van der Waals surface area contributed by atoms with Gasteiger partial charge in [-0.3, -0.25) is 19.1 Å². The fraction of sp³-hybridized carbons (Fsp3) is 0.217. The zero-order chi connectivity index (χ0) is 22.0. The van der Waals surface area contributed by atoms with Gasteiger partial charge in [0, 0.05) is 22.6 Å². The van der Waals surface area contributed by atoms with Gasteiger partial charge in [0.2, 0.25) is 5.91 Å². The number of hydrogen-bond acceptors (Lipinski definition) is 5. The van der Waals surface area contributed by atoms with Gasteiger partial charge in [0.1, 0.15) is 0 Å². The predicted octanol–water partition coefficient (Wildman–Crippen LogP) is 5.24. The number of aromatic nitrogens is 3. The summed E-state index contributed by atoms with van der Waals surface area (Å²) in [4.78, 5) is 35.0. The summed E-state index contributed by atoms with van der Waals surface area (Å²) < 4.78 is 2.49. The Morgan fingerprint density at radius 3 is 2.81 bits per heavy atom.